The Bertz CT molecular complexity index is 1680. The number of carbonyl (C=O) groups excluding carboxylic acids is 2. The van der Waals surface area contributed by atoms with E-state index >= 15 is 8.78 Å². The predicted molar refractivity (Wildman–Crippen MR) is 148 cm³/mol. The van der Waals surface area contributed by atoms with Gasteiger partial charge >= 0.3 is 0 Å². The van der Waals surface area contributed by atoms with Crippen LogP contribution in [0, 0.1) is 11.3 Å². The number of nitriles is 1. The molecule has 3 aromatic carbocycles. The first-order chi connectivity index (χ1) is 20.3. The van der Waals surface area contributed by atoms with Crippen LogP contribution in [-0.4, -0.2) is 47.5 Å². The van der Waals surface area contributed by atoms with Gasteiger partial charge in [0.25, 0.3) is 17.7 Å². The topological polar surface area (TPSA) is 109 Å². The molecule has 1 saturated heterocycles. The van der Waals surface area contributed by atoms with Crippen molar-refractivity contribution in [1.82, 2.24) is 9.78 Å². The summed E-state index contributed by atoms with van der Waals surface area (Å²) in [6.45, 7) is 1.87. The van der Waals surface area contributed by atoms with Gasteiger partial charge in [0.05, 0.1) is 49.8 Å². The fourth-order valence-electron chi connectivity index (χ4n) is 4.88. The lowest BCUT2D eigenvalue weighted by Gasteiger charge is -2.28. The van der Waals surface area contributed by atoms with Gasteiger partial charge in [-0.2, -0.15) is 19.1 Å². The predicted octanol–water partition coefficient (Wildman–Crippen LogP) is 4.72. The van der Waals surface area contributed by atoms with E-state index in [2.05, 4.69) is 16.5 Å². The smallest absolute Gasteiger partial charge is 0.298 e. The minimum absolute atomic E-state index is 0.00899. The molecule has 0 saturated carbocycles. The van der Waals surface area contributed by atoms with Gasteiger partial charge in [0, 0.05) is 29.0 Å². The lowest BCUT2D eigenvalue weighted by Crippen LogP contribution is -2.41. The van der Waals surface area contributed by atoms with Crippen molar-refractivity contribution < 1.29 is 27.8 Å². The van der Waals surface area contributed by atoms with Gasteiger partial charge in [-0.15, -0.1) is 0 Å². The van der Waals surface area contributed by atoms with Crippen LogP contribution < -0.4 is 10.2 Å². The number of anilines is 2. The molecule has 212 valence electrons. The quantitative estimate of drug-likeness (QED) is 0.329. The van der Waals surface area contributed by atoms with E-state index in [0.717, 1.165) is 0 Å². The van der Waals surface area contributed by atoms with Gasteiger partial charge in [0.1, 0.15) is 11.8 Å². The molecule has 1 aromatic heterocycles. The number of aromatic nitrogens is 2. The minimum Gasteiger partial charge on any atom is -0.376 e. The molecule has 2 aliphatic rings. The highest BCUT2D eigenvalue weighted by molar-refractivity contribution is 6.15. The van der Waals surface area contributed by atoms with E-state index in [9.17, 15) is 14.9 Å². The highest BCUT2D eigenvalue weighted by atomic mass is 19.3. The first kappa shape index (κ1) is 27.3. The summed E-state index contributed by atoms with van der Waals surface area (Å²) >= 11 is 0. The van der Waals surface area contributed by atoms with E-state index in [1.807, 2.05) is 0 Å². The normalized spacial score (nSPS) is 15.1. The van der Waals surface area contributed by atoms with Crippen LogP contribution in [0.3, 0.4) is 0 Å². The van der Waals surface area contributed by atoms with Crippen molar-refractivity contribution in [2.45, 2.75) is 25.2 Å². The van der Waals surface area contributed by atoms with Crippen molar-refractivity contribution in [2.24, 2.45) is 0 Å². The van der Waals surface area contributed by atoms with Gasteiger partial charge in [-0.3, -0.25) is 14.3 Å². The number of benzene rings is 3. The average molecular weight is 570 g/mol. The summed E-state index contributed by atoms with van der Waals surface area (Å²) in [5.74, 6) is -4.24. The van der Waals surface area contributed by atoms with Crippen molar-refractivity contribution >= 4 is 23.2 Å². The molecule has 0 radical (unpaired) electrons. The molecule has 3 heterocycles. The summed E-state index contributed by atoms with van der Waals surface area (Å²) in [5.41, 5.74) is 1.67. The number of hydrogen-bond acceptors (Lipinski definition) is 6. The van der Waals surface area contributed by atoms with E-state index in [-0.39, 0.29) is 41.6 Å². The van der Waals surface area contributed by atoms with Gasteiger partial charge in [-0.05, 0) is 29.8 Å². The molecule has 1 N–H and O–H groups in total. The third-order valence-corrected chi connectivity index (χ3v) is 7.32. The van der Waals surface area contributed by atoms with Crippen LogP contribution in [0.1, 0.15) is 43.1 Å². The van der Waals surface area contributed by atoms with Crippen LogP contribution in [0.2, 0.25) is 0 Å². The second kappa shape index (κ2) is 11.2. The molecule has 0 unspecified atom stereocenters. The Hall–Kier alpha value is -4.92. The maximum Gasteiger partial charge on any atom is 0.298 e. The third-order valence-electron chi connectivity index (χ3n) is 7.32. The van der Waals surface area contributed by atoms with E-state index in [4.69, 9.17) is 9.47 Å². The molecule has 1 fully saturated rings. The molecular formula is C31H25F2N5O4. The molecular weight excluding hydrogens is 544 g/mol. The van der Waals surface area contributed by atoms with Gasteiger partial charge in [-0.25, -0.2) is 0 Å². The fraction of sp³-hybridized carbons (Fsp3) is 0.226. The molecule has 0 aliphatic carbocycles. The molecule has 2 amide bonds. The minimum atomic E-state index is -3.20. The summed E-state index contributed by atoms with van der Waals surface area (Å²) in [5, 5.41) is 16.5. The number of amides is 2. The zero-order valence-electron chi connectivity index (χ0n) is 22.3. The highest BCUT2D eigenvalue weighted by Gasteiger charge is 2.35. The molecule has 42 heavy (non-hydrogen) atoms. The van der Waals surface area contributed by atoms with Crippen LogP contribution in [0.25, 0.3) is 0 Å². The van der Waals surface area contributed by atoms with Crippen molar-refractivity contribution in [3.63, 3.8) is 0 Å². The molecule has 0 atom stereocenters. The van der Waals surface area contributed by atoms with Crippen molar-refractivity contribution in [3.8, 4) is 6.07 Å². The van der Waals surface area contributed by atoms with Gasteiger partial charge in [0.2, 0.25) is 0 Å². The Kier molecular flexibility index (Phi) is 7.24. The van der Waals surface area contributed by atoms with Crippen molar-refractivity contribution in [2.75, 3.05) is 30.0 Å². The summed E-state index contributed by atoms with van der Waals surface area (Å²) in [7, 11) is 0. The maximum atomic E-state index is 15.0. The lowest BCUT2D eigenvalue weighted by molar-refractivity contribution is -0.135. The lowest BCUT2D eigenvalue weighted by atomic mass is 10.00. The Balaban J connectivity index is 1.18. The van der Waals surface area contributed by atoms with Crippen molar-refractivity contribution in [3.05, 3.63) is 113 Å². The number of halogens is 2. The monoisotopic (exact) mass is 569 g/mol. The SMILES string of the molecule is N#Cc1cc(NC(=O)c2cnn3c2C(=O)N(c2ccc(C(F)(F)c4ccccc4)cc2)CC3)ccc1COC1COC1. The van der Waals surface area contributed by atoms with Crippen molar-refractivity contribution in [1.29, 1.82) is 5.26 Å². The number of nitrogens with zero attached hydrogens (tertiary/aromatic N) is 4. The van der Waals surface area contributed by atoms with Crippen LogP contribution in [-0.2, 0) is 28.5 Å². The number of hydrogen-bond donors (Lipinski definition) is 1. The Morgan fingerprint density at radius 2 is 1.81 bits per heavy atom. The van der Waals surface area contributed by atoms with E-state index in [0.29, 0.717) is 42.3 Å². The molecule has 2 aliphatic heterocycles. The van der Waals surface area contributed by atoms with Gasteiger partial charge in [0.15, 0.2) is 0 Å². The number of ether oxygens (including phenoxy) is 2. The second-order valence-electron chi connectivity index (χ2n) is 9.98. The second-order valence-corrected chi connectivity index (χ2v) is 9.98. The zero-order valence-corrected chi connectivity index (χ0v) is 22.3. The summed E-state index contributed by atoms with van der Waals surface area (Å²) in [6.07, 6.45) is 1.33. The number of fused-ring (bicyclic) bond motifs is 1. The number of carbonyl (C=O) groups is 2. The van der Waals surface area contributed by atoms with Gasteiger partial charge < -0.3 is 19.7 Å². The van der Waals surface area contributed by atoms with Crippen LogP contribution in [0.4, 0.5) is 20.2 Å². The molecule has 0 spiro atoms. The zero-order chi connectivity index (χ0) is 29.3. The number of nitrogens with one attached hydrogen (secondary N) is 1. The summed E-state index contributed by atoms with van der Waals surface area (Å²) in [6, 6.07) is 20.1. The number of alkyl halides is 2. The first-order valence-electron chi connectivity index (χ1n) is 13.3. The van der Waals surface area contributed by atoms with E-state index < -0.39 is 17.7 Å². The van der Waals surface area contributed by atoms with E-state index in [1.54, 1.807) is 36.4 Å². The molecule has 11 heteroatoms. The highest BCUT2D eigenvalue weighted by Crippen LogP contribution is 2.36. The van der Waals surface area contributed by atoms with Gasteiger partial charge in [-0.1, -0.05) is 48.5 Å². The Morgan fingerprint density at radius 1 is 1.07 bits per heavy atom. The Morgan fingerprint density at radius 3 is 2.50 bits per heavy atom. The average Bonchev–Trinajstić information content (AvgIpc) is 3.43. The largest absolute Gasteiger partial charge is 0.376 e. The summed E-state index contributed by atoms with van der Waals surface area (Å²) in [4.78, 5) is 28.2. The van der Waals surface area contributed by atoms with Crippen LogP contribution in [0.5, 0.6) is 0 Å². The molecule has 4 aromatic rings. The van der Waals surface area contributed by atoms with E-state index in [1.165, 1.54) is 52.2 Å². The molecule has 9 nitrogen and oxygen atoms in total. The molecule has 6 rings (SSSR count). The first-order valence-corrected chi connectivity index (χ1v) is 13.3. The third kappa shape index (κ3) is 5.13. The standard InChI is InChI=1S/C31H25F2N5O4/c32-31(33,22-4-2-1-3-5-22)23-7-10-25(11-8-23)37-12-13-38-28(30(37)40)27(16-35-38)29(39)36-24-9-6-20(21(14-24)15-34)17-42-26-18-41-19-26/h1-11,14,16,26H,12-13,17-19H2,(H,36,39). The van der Waals surface area contributed by atoms with Crippen LogP contribution in [0.15, 0.2) is 79.0 Å². The number of rotatable bonds is 8. The van der Waals surface area contributed by atoms with Crippen LogP contribution >= 0.6 is 0 Å². The summed E-state index contributed by atoms with van der Waals surface area (Å²) < 4.78 is 42.3. The maximum absolute atomic E-state index is 15.0. The fourth-order valence-corrected chi connectivity index (χ4v) is 4.88. The Labute approximate surface area is 239 Å². The molecule has 0 bridgehead atoms.